The molecule has 21 heavy (non-hydrogen) atoms. The minimum atomic E-state index is 0.267. The first-order chi connectivity index (χ1) is 10.3. The molecule has 5 heteroatoms. The summed E-state index contributed by atoms with van der Waals surface area (Å²) in [7, 11) is 2.08. The van der Waals surface area contributed by atoms with E-state index in [2.05, 4.69) is 21.5 Å². The average molecular weight is 290 g/mol. The van der Waals surface area contributed by atoms with Crippen LogP contribution in [0.4, 0.5) is 0 Å². The Hall–Kier alpha value is -0.910. The van der Waals surface area contributed by atoms with E-state index in [1.807, 2.05) is 0 Å². The van der Waals surface area contributed by atoms with E-state index in [-0.39, 0.29) is 12.6 Å². The number of piperazine rings is 1. The van der Waals surface area contributed by atoms with Gasteiger partial charge in [-0.05, 0) is 44.2 Å². The minimum absolute atomic E-state index is 0.267. The van der Waals surface area contributed by atoms with Gasteiger partial charge in [0.2, 0.25) is 0 Å². The monoisotopic (exact) mass is 290 g/mol. The molecule has 1 aromatic heterocycles. The van der Waals surface area contributed by atoms with E-state index in [1.165, 1.54) is 49.2 Å². The molecule has 1 N–H and O–H groups in total. The van der Waals surface area contributed by atoms with E-state index in [0.717, 1.165) is 26.1 Å². The number of aryl methyl sites for hydroxylation is 2. The van der Waals surface area contributed by atoms with Gasteiger partial charge in [-0.2, -0.15) is 5.10 Å². The highest BCUT2D eigenvalue weighted by Crippen LogP contribution is 2.29. The lowest BCUT2D eigenvalue weighted by Gasteiger charge is -2.43. The van der Waals surface area contributed by atoms with Gasteiger partial charge in [-0.1, -0.05) is 0 Å². The number of hydrogen-bond donors (Lipinski definition) is 1. The highest BCUT2D eigenvalue weighted by molar-refractivity contribution is 5.30. The molecule has 2 atom stereocenters. The van der Waals surface area contributed by atoms with Crippen molar-refractivity contribution in [1.82, 2.24) is 19.6 Å². The Balaban J connectivity index is 1.55. The fourth-order valence-corrected chi connectivity index (χ4v) is 4.49. The normalized spacial score (nSPS) is 29.8. The third-order valence-corrected chi connectivity index (χ3v) is 5.67. The molecule has 2 saturated heterocycles. The zero-order valence-electron chi connectivity index (χ0n) is 13.0. The number of aromatic nitrogens is 2. The van der Waals surface area contributed by atoms with Crippen LogP contribution in [0.5, 0.6) is 0 Å². The van der Waals surface area contributed by atoms with Gasteiger partial charge in [0.1, 0.15) is 0 Å². The summed E-state index contributed by atoms with van der Waals surface area (Å²) in [5, 5.41) is 14.5. The molecule has 5 nitrogen and oxygen atoms in total. The molecule has 0 amide bonds. The maximum Gasteiger partial charge on any atom is 0.0660 e. The third-order valence-electron chi connectivity index (χ3n) is 5.67. The van der Waals surface area contributed by atoms with Gasteiger partial charge in [0.15, 0.2) is 0 Å². The predicted octanol–water partition coefficient (Wildman–Crippen LogP) is 0.550. The SMILES string of the molecule is Cn1nc2c(c1CN1C[C@@H]3CCCN3C[C@@H]1CO)CCC2. The van der Waals surface area contributed by atoms with Gasteiger partial charge >= 0.3 is 0 Å². The average Bonchev–Trinajstić information content (AvgIpc) is 3.16. The lowest BCUT2D eigenvalue weighted by Crippen LogP contribution is -2.57. The van der Waals surface area contributed by atoms with E-state index in [1.54, 1.807) is 0 Å². The van der Waals surface area contributed by atoms with Crippen LogP contribution in [0.25, 0.3) is 0 Å². The van der Waals surface area contributed by atoms with Crippen LogP contribution in [0, 0.1) is 0 Å². The molecule has 2 fully saturated rings. The van der Waals surface area contributed by atoms with Gasteiger partial charge < -0.3 is 5.11 Å². The van der Waals surface area contributed by atoms with Gasteiger partial charge in [-0.3, -0.25) is 14.5 Å². The molecular formula is C16H26N4O. The quantitative estimate of drug-likeness (QED) is 0.883. The smallest absolute Gasteiger partial charge is 0.0660 e. The summed E-state index contributed by atoms with van der Waals surface area (Å²) < 4.78 is 2.08. The van der Waals surface area contributed by atoms with Crippen molar-refractivity contribution in [2.24, 2.45) is 7.05 Å². The zero-order valence-corrected chi connectivity index (χ0v) is 13.0. The standard InChI is InChI=1S/C16H26N4O/c1-18-16(14-5-2-6-15(14)17-18)10-20-8-12-4-3-7-19(12)9-13(20)11-21/h12-13,21H,2-11H2,1H3/t12-,13+/m0/s1. The largest absolute Gasteiger partial charge is 0.395 e. The van der Waals surface area contributed by atoms with Gasteiger partial charge in [-0.15, -0.1) is 0 Å². The van der Waals surface area contributed by atoms with Crippen LogP contribution in [0.2, 0.25) is 0 Å². The zero-order chi connectivity index (χ0) is 14.4. The Morgan fingerprint density at radius 3 is 3.00 bits per heavy atom. The molecule has 0 aromatic carbocycles. The fourth-order valence-electron chi connectivity index (χ4n) is 4.49. The predicted molar refractivity (Wildman–Crippen MR) is 81.1 cm³/mol. The van der Waals surface area contributed by atoms with Gasteiger partial charge in [0.05, 0.1) is 18.0 Å². The third kappa shape index (κ3) is 2.31. The first-order valence-corrected chi connectivity index (χ1v) is 8.39. The van der Waals surface area contributed by atoms with E-state index in [9.17, 15) is 5.11 Å². The summed E-state index contributed by atoms with van der Waals surface area (Å²) in [6.07, 6.45) is 6.22. The highest BCUT2D eigenvalue weighted by atomic mass is 16.3. The lowest BCUT2D eigenvalue weighted by atomic mass is 10.1. The molecule has 2 aliphatic heterocycles. The summed E-state index contributed by atoms with van der Waals surface area (Å²) in [5.74, 6) is 0. The number of rotatable bonds is 3. The Bertz CT molecular complexity index is 527. The van der Waals surface area contributed by atoms with Crippen molar-refractivity contribution >= 4 is 0 Å². The topological polar surface area (TPSA) is 44.5 Å². The van der Waals surface area contributed by atoms with Crippen molar-refractivity contribution in [3.05, 3.63) is 17.0 Å². The molecule has 3 heterocycles. The first kappa shape index (κ1) is 13.7. The van der Waals surface area contributed by atoms with Crippen LogP contribution < -0.4 is 0 Å². The second-order valence-electron chi connectivity index (χ2n) is 6.91. The maximum atomic E-state index is 9.78. The second-order valence-corrected chi connectivity index (χ2v) is 6.91. The van der Waals surface area contributed by atoms with Gasteiger partial charge in [0.25, 0.3) is 0 Å². The van der Waals surface area contributed by atoms with Crippen LogP contribution >= 0.6 is 0 Å². The molecule has 3 aliphatic rings. The molecule has 1 aromatic rings. The van der Waals surface area contributed by atoms with Crippen LogP contribution in [0.3, 0.4) is 0 Å². The molecule has 0 bridgehead atoms. The molecule has 116 valence electrons. The van der Waals surface area contributed by atoms with Gasteiger partial charge in [0, 0.05) is 38.8 Å². The van der Waals surface area contributed by atoms with E-state index >= 15 is 0 Å². The van der Waals surface area contributed by atoms with Gasteiger partial charge in [-0.25, -0.2) is 0 Å². The molecule has 0 spiro atoms. The van der Waals surface area contributed by atoms with E-state index < -0.39 is 0 Å². The summed E-state index contributed by atoms with van der Waals surface area (Å²) in [5.41, 5.74) is 4.18. The second kappa shape index (κ2) is 5.38. The van der Waals surface area contributed by atoms with E-state index in [0.29, 0.717) is 6.04 Å². The summed E-state index contributed by atoms with van der Waals surface area (Å²) >= 11 is 0. The molecule has 0 unspecified atom stereocenters. The van der Waals surface area contributed by atoms with Crippen LogP contribution in [0.15, 0.2) is 0 Å². The molecule has 4 rings (SSSR count). The van der Waals surface area contributed by atoms with Crippen molar-refractivity contribution in [2.75, 3.05) is 26.2 Å². The van der Waals surface area contributed by atoms with Crippen molar-refractivity contribution in [3.63, 3.8) is 0 Å². The number of hydrogen-bond acceptors (Lipinski definition) is 4. The lowest BCUT2D eigenvalue weighted by molar-refractivity contribution is 0.0155. The molecule has 1 aliphatic carbocycles. The van der Waals surface area contributed by atoms with Crippen LogP contribution in [-0.4, -0.2) is 63.0 Å². The molecular weight excluding hydrogens is 264 g/mol. The Kier molecular flexibility index (Phi) is 3.52. The Morgan fingerprint density at radius 2 is 2.14 bits per heavy atom. The number of fused-ring (bicyclic) bond motifs is 2. The van der Waals surface area contributed by atoms with Crippen molar-refractivity contribution in [2.45, 2.75) is 50.7 Å². The molecule has 0 saturated carbocycles. The fraction of sp³-hybridized carbons (Fsp3) is 0.812. The maximum absolute atomic E-state index is 9.78. The minimum Gasteiger partial charge on any atom is -0.395 e. The number of aliphatic hydroxyl groups is 1. The number of aliphatic hydroxyl groups excluding tert-OH is 1. The highest BCUT2D eigenvalue weighted by Gasteiger charge is 2.36. The van der Waals surface area contributed by atoms with Crippen molar-refractivity contribution < 1.29 is 5.11 Å². The summed E-state index contributed by atoms with van der Waals surface area (Å²) in [6.45, 7) is 4.57. The van der Waals surface area contributed by atoms with Crippen LogP contribution in [0.1, 0.15) is 36.2 Å². The van der Waals surface area contributed by atoms with Crippen molar-refractivity contribution in [1.29, 1.82) is 0 Å². The van der Waals surface area contributed by atoms with E-state index in [4.69, 9.17) is 5.10 Å². The first-order valence-electron chi connectivity index (χ1n) is 8.39. The summed E-state index contributed by atoms with van der Waals surface area (Å²) in [6, 6.07) is 0.986. The molecule has 0 radical (unpaired) electrons. The Labute approximate surface area is 126 Å². The summed E-state index contributed by atoms with van der Waals surface area (Å²) in [4.78, 5) is 5.08. The van der Waals surface area contributed by atoms with Crippen LogP contribution in [-0.2, 0) is 26.4 Å². The van der Waals surface area contributed by atoms with Crippen molar-refractivity contribution in [3.8, 4) is 0 Å². The Morgan fingerprint density at radius 1 is 1.24 bits per heavy atom. The number of nitrogens with zero attached hydrogens (tertiary/aromatic N) is 4.